The van der Waals surface area contributed by atoms with Crippen LogP contribution in [0.15, 0.2) is 41.3 Å². The molecule has 1 aromatic carbocycles. The highest BCUT2D eigenvalue weighted by Gasteiger charge is 2.41. The van der Waals surface area contributed by atoms with E-state index < -0.39 is 8.07 Å². The van der Waals surface area contributed by atoms with Crippen LogP contribution in [0.25, 0.3) is 11.0 Å². The molecule has 0 unspecified atom stereocenters. The number of aryl methyl sites for hydroxylation is 1. The molecule has 3 aromatic rings. The molecule has 39 heavy (non-hydrogen) atoms. The predicted molar refractivity (Wildman–Crippen MR) is 164 cm³/mol. The second-order valence-corrected chi connectivity index (χ2v) is 17.0. The highest BCUT2D eigenvalue weighted by molar-refractivity contribution is 6.90. The van der Waals surface area contributed by atoms with Gasteiger partial charge in [0, 0.05) is 43.3 Å². The molecule has 0 saturated heterocycles. The number of hydrogen-bond donors (Lipinski definition) is 1. The van der Waals surface area contributed by atoms with Crippen LogP contribution in [0.1, 0.15) is 47.1 Å². The van der Waals surface area contributed by atoms with Crippen molar-refractivity contribution in [1.29, 1.82) is 0 Å². The minimum Gasteiger partial charge on any atom is -0.324 e. The van der Waals surface area contributed by atoms with Crippen molar-refractivity contribution in [3.8, 4) is 11.5 Å². The van der Waals surface area contributed by atoms with Gasteiger partial charge in [0.25, 0.3) is 5.56 Å². The molecule has 0 saturated carbocycles. The summed E-state index contributed by atoms with van der Waals surface area (Å²) in [5.41, 5.74) is 7.69. The first-order valence-corrected chi connectivity index (χ1v) is 15.7. The topological polar surface area (TPSA) is 83.4 Å². The number of carbonyl (C=O) groups is 1. The maximum atomic E-state index is 12.9. The lowest BCUT2D eigenvalue weighted by atomic mass is 10.2. The van der Waals surface area contributed by atoms with Crippen LogP contribution >= 0.6 is 0 Å². The van der Waals surface area contributed by atoms with Gasteiger partial charge in [-0.1, -0.05) is 53.5 Å². The van der Waals surface area contributed by atoms with Gasteiger partial charge in [0.15, 0.2) is 0 Å². The van der Waals surface area contributed by atoms with Crippen LogP contribution in [0.4, 0.5) is 17.3 Å². The first-order chi connectivity index (χ1) is 18.3. The van der Waals surface area contributed by atoms with Crippen molar-refractivity contribution in [2.24, 2.45) is 7.05 Å². The molecule has 0 aliphatic heterocycles. The van der Waals surface area contributed by atoms with E-state index in [1.54, 1.807) is 31.3 Å². The summed E-state index contributed by atoms with van der Waals surface area (Å²) < 4.78 is 1.52. The average molecular weight is 547 g/mol. The van der Waals surface area contributed by atoms with Crippen LogP contribution in [0.5, 0.6) is 0 Å². The molecule has 0 bridgehead atoms. The van der Waals surface area contributed by atoms with E-state index in [4.69, 9.17) is 0 Å². The Balaban J connectivity index is 2.02. The molecule has 0 aliphatic carbocycles. The minimum absolute atomic E-state index is 0.0118. The molecule has 0 aliphatic rings. The minimum atomic E-state index is -1.98. The van der Waals surface area contributed by atoms with Crippen LogP contribution in [-0.2, 0) is 11.8 Å². The third-order valence-corrected chi connectivity index (χ3v) is 13.9. The Bertz CT molecular complexity index is 1440. The van der Waals surface area contributed by atoms with Gasteiger partial charge in [-0.25, -0.2) is 4.98 Å². The SMILES string of the molecule is CC(C)[Si](C#Cc1cc(=O)n(C)c2nc(Nc3cccc(N(C)C(=O)CN(C)C)c3)ncc12)(C(C)C)C(C)C. The van der Waals surface area contributed by atoms with Crippen molar-refractivity contribution in [3.05, 3.63) is 52.4 Å². The molecule has 9 heteroatoms. The Hall–Kier alpha value is -3.48. The summed E-state index contributed by atoms with van der Waals surface area (Å²) in [4.78, 5) is 38.1. The third kappa shape index (κ3) is 6.40. The molecule has 0 spiro atoms. The fourth-order valence-corrected chi connectivity index (χ4v) is 10.7. The van der Waals surface area contributed by atoms with Gasteiger partial charge < -0.3 is 15.1 Å². The fraction of sp³-hybridized carbons (Fsp3) is 0.467. The van der Waals surface area contributed by atoms with E-state index in [0.29, 0.717) is 40.3 Å². The number of likely N-dealkylation sites (N-methyl/N-ethyl adjacent to an activating group) is 2. The molecule has 0 radical (unpaired) electrons. The van der Waals surface area contributed by atoms with Gasteiger partial charge in [-0.2, -0.15) is 4.98 Å². The number of amides is 1. The Morgan fingerprint density at radius 2 is 1.69 bits per heavy atom. The van der Waals surface area contributed by atoms with Gasteiger partial charge >= 0.3 is 0 Å². The van der Waals surface area contributed by atoms with Crippen LogP contribution in [-0.4, -0.2) is 61.1 Å². The number of anilines is 3. The predicted octanol–water partition coefficient (Wildman–Crippen LogP) is 5.17. The fourth-order valence-electron chi connectivity index (χ4n) is 5.44. The summed E-state index contributed by atoms with van der Waals surface area (Å²) in [6.07, 6.45) is 1.73. The molecule has 2 heterocycles. The third-order valence-electron chi connectivity index (χ3n) is 7.57. The van der Waals surface area contributed by atoms with Gasteiger partial charge in [-0.15, -0.1) is 5.54 Å². The van der Waals surface area contributed by atoms with Crippen molar-refractivity contribution >= 4 is 42.3 Å². The number of benzene rings is 1. The Labute approximate surface area is 233 Å². The Morgan fingerprint density at radius 1 is 1.05 bits per heavy atom. The summed E-state index contributed by atoms with van der Waals surface area (Å²) in [5, 5.41) is 3.97. The van der Waals surface area contributed by atoms with Crippen LogP contribution in [0.2, 0.25) is 16.6 Å². The van der Waals surface area contributed by atoms with Crippen molar-refractivity contribution in [3.63, 3.8) is 0 Å². The van der Waals surface area contributed by atoms with Gasteiger partial charge in [0.05, 0.1) is 11.9 Å². The summed E-state index contributed by atoms with van der Waals surface area (Å²) in [5.74, 6) is 3.76. The van der Waals surface area contributed by atoms with Gasteiger partial charge in [0.2, 0.25) is 11.9 Å². The molecule has 0 atom stereocenters. The first-order valence-electron chi connectivity index (χ1n) is 13.5. The number of nitrogens with zero attached hydrogens (tertiary/aromatic N) is 5. The Kier molecular flexibility index (Phi) is 9.36. The zero-order valence-corrected chi connectivity index (χ0v) is 26.0. The lowest BCUT2D eigenvalue weighted by molar-refractivity contribution is -0.118. The standard InChI is InChI=1S/C30H42N6O2Si/c1-20(2)39(21(3)4,22(5)6)15-14-23-16-27(37)36(10)29-26(23)18-31-30(33-29)32-24-12-11-13-25(17-24)35(9)28(38)19-34(7)8/h11-13,16-18,20-22H,19H2,1-10H3,(H,31,32,33). The van der Waals surface area contributed by atoms with Gasteiger partial charge in [-0.05, 0) is 48.9 Å². The summed E-state index contributed by atoms with van der Waals surface area (Å²) in [6.45, 7) is 14.0. The van der Waals surface area contributed by atoms with E-state index in [1.807, 2.05) is 43.3 Å². The number of pyridine rings is 1. The second kappa shape index (κ2) is 12.1. The van der Waals surface area contributed by atoms with Crippen LogP contribution < -0.4 is 15.8 Å². The zero-order chi connectivity index (χ0) is 29.1. The zero-order valence-electron chi connectivity index (χ0n) is 25.0. The van der Waals surface area contributed by atoms with Crippen molar-refractivity contribution in [2.75, 3.05) is 37.9 Å². The molecule has 2 aromatic heterocycles. The number of rotatable bonds is 8. The maximum absolute atomic E-state index is 12.9. The smallest absolute Gasteiger partial charge is 0.253 e. The quantitative estimate of drug-likeness (QED) is 0.310. The van der Waals surface area contributed by atoms with E-state index in [9.17, 15) is 9.59 Å². The molecular formula is C30H42N6O2Si. The largest absolute Gasteiger partial charge is 0.324 e. The van der Waals surface area contributed by atoms with Crippen LogP contribution in [0, 0.1) is 11.5 Å². The lowest BCUT2D eigenvalue weighted by Gasteiger charge is -2.38. The van der Waals surface area contributed by atoms with E-state index in [0.717, 1.165) is 16.8 Å². The summed E-state index contributed by atoms with van der Waals surface area (Å²) in [7, 11) is 5.21. The highest BCUT2D eigenvalue weighted by atomic mass is 28.3. The van der Waals surface area contributed by atoms with Crippen molar-refractivity contribution < 1.29 is 4.79 Å². The normalized spacial score (nSPS) is 11.8. The van der Waals surface area contributed by atoms with Gasteiger partial charge in [-0.3, -0.25) is 14.2 Å². The summed E-state index contributed by atoms with van der Waals surface area (Å²) >= 11 is 0. The molecule has 208 valence electrons. The number of nitrogens with one attached hydrogen (secondary N) is 1. The second-order valence-electron chi connectivity index (χ2n) is 11.4. The molecular weight excluding hydrogens is 504 g/mol. The van der Waals surface area contributed by atoms with Gasteiger partial charge in [0.1, 0.15) is 13.7 Å². The molecule has 1 N–H and O–H groups in total. The van der Waals surface area contributed by atoms with Crippen molar-refractivity contribution in [1.82, 2.24) is 19.4 Å². The molecule has 0 fully saturated rings. The number of hydrogen-bond acceptors (Lipinski definition) is 6. The van der Waals surface area contributed by atoms with E-state index in [2.05, 4.69) is 68.3 Å². The summed E-state index contributed by atoms with van der Waals surface area (Å²) in [6, 6.07) is 9.10. The average Bonchev–Trinajstić information content (AvgIpc) is 2.85. The Morgan fingerprint density at radius 3 is 2.28 bits per heavy atom. The van der Waals surface area contributed by atoms with Crippen LogP contribution in [0.3, 0.4) is 0 Å². The molecule has 8 nitrogen and oxygen atoms in total. The first kappa shape index (κ1) is 30.1. The van der Waals surface area contributed by atoms with Crippen molar-refractivity contribution in [2.45, 2.75) is 58.2 Å². The highest BCUT2D eigenvalue weighted by Crippen LogP contribution is 2.40. The van der Waals surface area contributed by atoms with E-state index in [-0.39, 0.29) is 11.5 Å². The van der Waals surface area contributed by atoms with E-state index in [1.165, 1.54) is 4.57 Å². The number of aromatic nitrogens is 3. The van der Waals surface area contributed by atoms with E-state index >= 15 is 0 Å². The molecule has 1 amide bonds. The number of fused-ring (bicyclic) bond motifs is 1. The maximum Gasteiger partial charge on any atom is 0.253 e. The lowest BCUT2D eigenvalue weighted by Crippen LogP contribution is -2.43. The monoisotopic (exact) mass is 546 g/mol. The molecule has 3 rings (SSSR count). The number of carbonyl (C=O) groups excluding carboxylic acids is 1.